The van der Waals surface area contributed by atoms with Crippen LogP contribution in [0.5, 0.6) is 0 Å². The summed E-state index contributed by atoms with van der Waals surface area (Å²) in [7, 11) is 0. The highest BCUT2D eigenvalue weighted by Crippen LogP contribution is 2.50. The molecule has 0 bridgehead atoms. The van der Waals surface area contributed by atoms with Crippen molar-refractivity contribution in [2.24, 2.45) is 0 Å². The maximum absolute atomic E-state index is 6.13. The van der Waals surface area contributed by atoms with Gasteiger partial charge in [-0.3, -0.25) is 0 Å². The van der Waals surface area contributed by atoms with Gasteiger partial charge in [0.15, 0.2) is 0 Å². The predicted molar refractivity (Wildman–Crippen MR) is 72.7 cm³/mol. The average Bonchev–Trinajstić information content (AvgIpc) is 2.49. The molecule has 0 unspecified atom stereocenters. The van der Waals surface area contributed by atoms with E-state index >= 15 is 0 Å². The van der Waals surface area contributed by atoms with E-state index in [9.17, 15) is 0 Å². The normalized spacial score (nSPS) is 19.4. The zero-order valence-electron chi connectivity index (χ0n) is 9.66. The Kier molecular flexibility index (Phi) is 6.11. The second-order valence-electron chi connectivity index (χ2n) is 3.57. The third-order valence-corrected chi connectivity index (χ3v) is 4.10. The van der Waals surface area contributed by atoms with Crippen LogP contribution >= 0.6 is 46.4 Å². The molecule has 6 heteroatoms. The molecular weight excluding hydrogens is 306 g/mol. The molecule has 0 spiro atoms. The van der Waals surface area contributed by atoms with Gasteiger partial charge in [0.25, 0.3) is 0 Å². The molecule has 0 aliphatic heterocycles. The summed E-state index contributed by atoms with van der Waals surface area (Å²) >= 11 is 24.2. The van der Waals surface area contributed by atoms with Gasteiger partial charge in [-0.05, 0) is 12.8 Å². The third-order valence-electron chi connectivity index (χ3n) is 2.17. The quantitative estimate of drug-likeness (QED) is 0.646. The van der Waals surface area contributed by atoms with Crippen LogP contribution in [0.3, 0.4) is 0 Å². The molecule has 0 aromatic rings. The zero-order chi connectivity index (χ0) is 13.1. The van der Waals surface area contributed by atoms with Crippen LogP contribution < -0.4 is 0 Å². The zero-order valence-corrected chi connectivity index (χ0v) is 12.7. The van der Waals surface area contributed by atoms with Crippen molar-refractivity contribution in [1.82, 2.24) is 0 Å². The maximum Gasteiger partial charge on any atom is 0.247 e. The molecule has 0 amide bonds. The van der Waals surface area contributed by atoms with Crippen LogP contribution in [0.2, 0.25) is 0 Å². The number of hydrogen-bond donors (Lipinski definition) is 0. The Bertz CT molecular complexity index is 315. The van der Waals surface area contributed by atoms with Gasteiger partial charge in [-0.1, -0.05) is 60.3 Å². The molecule has 0 atom stereocenters. The van der Waals surface area contributed by atoms with Crippen LogP contribution in [-0.4, -0.2) is 19.0 Å². The van der Waals surface area contributed by atoms with E-state index in [1.165, 1.54) is 0 Å². The molecule has 1 aliphatic rings. The Morgan fingerprint density at radius 3 is 1.47 bits per heavy atom. The fourth-order valence-corrected chi connectivity index (χ4v) is 2.54. The first-order valence-electron chi connectivity index (χ1n) is 5.41. The lowest BCUT2D eigenvalue weighted by Crippen LogP contribution is -2.36. The predicted octanol–water partition coefficient (Wildman–Crippen LogP) is 4.93. The van der Waals surface area contributed by atoms with Gasteiger partial charge in [-0.15, -0.1) is 0 Å². The second-order valence-corrected chi connectivity index (χ2v) is 5.08. The lowest BCUT2D eigenvalue weighted by molar-refractivity contribution is -0.176. The molecule has 1 aliphatic carbocycles. The van der Waals surface area contributed by atoms with Crippen LogP contribution in [-0.2, 0) is 9.47 Å². The van der Waals surface area contributed by atoms with Crippen molar-refractivity contribution in [3.8, 4) is 0 Å². The largest absolute Gasteiger partial charge is 0.341 e. The van der Waals surface area contributed by atoms with Gasteiger partial charge in [0.1, 0.15) is 10.1 Å². The minimum absolute atomic E-state index is 0.186. The van der Waals surface area contributed by atoms with Crippen LogP contribution in [0.15, 0.2) is 20.1 Å². The Morgan fingerprint density at radius 2 is 1.18 bits per heavy atom. The van der Waals surface area contributed by atoms with Gasteiger partial charge >= 0.3 is 0 Å². The summed E-state index contributed by atoms with van der Waals surface area (Å²) in [6.07, 6.45) is 1.61. The highest BCUT2D eigenvalue weighted by Gasteiger charge is 2.48. The first kappa shape index (κ1) is 15.6. The molecule has 0 radical (unpaired) electrons. The van der Waals surface area contributed by atoms with Gasteiger partial charge in [0, 0.05) is 0 Å². The minimum atomic E-state index is -1.32. The Hall–Kier alpha value is 0.560. The Morgan fingerprint density at radius 1 is 0.824 bits per heavy atom. The van der Waals surface area contributed by atoms with E-state index in [0.717, 1.165) is 12.8 Å². The van der Waals surface area contributed by atoms with Gasteiger partial charge in [-0.25, -0.2) is 0 Å². The first-order chi connectivity index (χ1) is 8.01. The minimum Gasteiger partial charge on any atom is -0.341 e. The van der Waals surface area contributed by atoms with Crippen molar-refractivity contribution < 1.29 is 9.47 Å². The number of halogens is 4. The SMILES string of the molecule is CCCOC1(OCCC)C(Cl)=C(Cl)C(Cl)=C1Cl. The standard InChI is InChI=1S/C11H14Cl4O2/c1-3-5-16-11(17-6-4-2)9(14)7(12)8(13)10(11)15/h3-6H2,1-2H3. The lowest BCUT2D eigenvalue weighted by Gasteiger charge is -2.30. The molecule has 0 N–H and O–H groups in total. The summed E-state index contributed by atoms with van der Waals surface area (Å²) in [4.78, 5) is 0. The van der Waals surface area contributed by atoms with E-state index in [0.29, 0.717) is 13.2 Å². The summed E-state index contributed by atoms with van der Waals surface area (Å²) in [5.41, 5.74) is 0. The van der Waals surface area contributed by atoms with Crippen molar-refractivity contribution >= 4 is 46.4 Å². The van der Waals surface area contributed by atoms with Crippen molar-refractivity contribution in [1.29, 1.82) is 0 Å². The van der Waals surface area contributed by atoms with E-state index in [4.69, 9.17) is 55.9 Å². The van der Waals surface area contributed by atoms with E-state index < -0.39 is 5.79 Å². The van der Waals surface area contributed by atoms with Crippen LogP contribution in [0.1, 0.15) is 26.7 Å². The molecule has 0 aromatic carbocycles. The summed E-state index contributed by atoms with van der Waals surface area (Å²) in [6, 6.07) is 0. The van der Waals surface area contributed by atoms with E-state index in [-0.39, 0.29) is 20.1 Å². The fourth-order valence-electron chi connectivity index (χ4n) is 1.36. The summed E-state index contributed by atoms with van der Waals surface area (Å²) in [5, 5.41) is 0.753. The number of ether oxygens (including phenoxy) is 2. The third kappa shape index (κ3) is 2.94. The Labute approximate surface area is 121 Å². The highest BCUT2D eigenvalue weighted by atomic mass is 35.5. The fraction of sp³-hybridized carbons (Fsp3) is 0.636. The molecule has 0 saturated carbocycles. The highest BCUT2D eigenvalue weighted by molar-refractivity contribution is 6.53. The van der Waals surface area contributed by atoms with Crippen LogP contribution in [0, 0.1) is 0 Å². The number of hydrogen-bond acceptors (Lipinski definition) is 2. The summed E-state index contributed by atoms with van der Waals surface area (Å²) < 4.78 is 11.3. The average molecular weight is 320 g/mol. The second kappa shape index (κ2) is 6.65. The van der Waals surface area contributed by atoms with E-state index in [1.807, 2.05) is 13.8 Å². The monoisotopic (exact) mass is 318 g/mol. The molecule has 1 rings (SSSR count). The first-order valence-corrected chi connectivity index (χ1v) is 6.92. The molecule has 0 saturated heterocycles. The van der Waals surface area contributed by atoms with Gasteiger partial charge in [0.05, 0.1) is 23.3 Å². The Balaban J connectivity index is 3.05. The van der Waals surface area contributed by atoms with Crippen LogP contribution in [0.25, 0.3) is 0 Å². The smallest absolute Gasteiger partial charge is 0.247 e. The lowest BCUT2D eigenvalue weighted by atomic mass is 10.3. The van der Waals surface area contributed by atoms with Crippen LogP contribution in [0.4, 0.5) is 0 Å². The van der Waals surface area contributed by atoms with E-state index in [2.05, 4.69) is 0 Å². The number of allylic oxidation sites excluding steroid dienone is 2. The maximum atomic E-state index is 6.13. The van der Waals surface area contributed by atoms with Gasteiger partial charge < -0.3 is 9.47 Å². The molecule has 98 valence electrons. The van der Waals surface area contributed by atoms with Gasteiger partial charge in [0.2, 0.25) is 5.79 Å². The molecule has 17 heavy (non-hydrogen) atoms. The van der Waals surface area contributed by atoms with Crippen molar-refractivity contribution in [2.75, 3.05) is 13.2 Å². The van der Waals surface area contributed by atoms with Crippen molar-refractivity contribution in [3.05, 3.63) is 20.1 Å². The van der Waals surface area contributed by atoms with Crippen molar-refractivity contribution in [2.45, 2.75) is 32.5 Å². The van der Waals surface area contributed by atoms with Crippen molar-refractivity contribution in [3.63, 3.8) is 0 Å². The molecule has 2 nitrogen and oxygen atoms in total. The topological polar surface area (TPSA) is 18.5 Å². The van der Waals surface area contributed by atoms with Gasteiger partial charge in [-0.2, -0.15) is 0 Å². The molecular formula is C11H14Cl4O2. The number of rotatable bonds is 6. The summed E-state index contributed by atoms with van der Waals surface area (Å²) in [6.45, 7) is 4.84. The molecule has 0 heterocycles. The summed E-state index contributed by atoms with van der Waals surface area (Å²) in [5.74, 6) is -1.32. The molecule has 0 aromatic heterocycles. The van der Waals surface area contributed by atoms with E-state index in [1.54, 1.807) is 0 Å². The molecule has 0 fully saturated rings.